The van der Waals surface area contributed by atoms with Gasteiger partial charge >= 0.3 is 0 Å². The van der Waals surface area contributed by atoms with Gasteiger partial charge in [-0.25, -0.2) is 0 Å². The van der Waals surface area contributed by atoms with Gasteiger partial charge in [0.05, 0.1) is 11.0 Å². The van der Waals surface area contributed by atoms with Crippen molar-refractivity contribution in [1.29, 1.82) is 0 Å². The lowest BCUT2D eigenvalue weighted by atomic mass is 9.38. The van der Waals surface area contributed by atoms with Crippen LogP contribution in [0.4, 0.5) is 0 Å². The lowest BCUT2D eigenvalue weighted by molar-refractivity contribution is -0.165. The lowest BCUT2D eigenvalue weighted by Crippen LogP contribution is -2.70. The Labute approximate surface area is 258 Å². The van der Waals surface area contributed by atoms with Gasteiger partial charge in [-0.05, 0) is 98.8 Å². The number of carbonyl (C=O) groups excluding carboxylic acids is 3. The molecule has 232 valence electrons. The normalized spacial score (nSPS) is 29.9. The summed E-state index contributed by atoms with van der Waals surface area (Å²) < 4.78 is 6.50. The zero-order chi connectivity index (χ0) is 32.0. The Kier molecular flexibility index (Phi) is 9.02. The molecule has 1 N–H and O–H groups in total. The molecule has 2 aliphatic carbocycles. The molecule has 0 amide bonds. The van der Waals surface area contributed by atoms with Gasteiger partial charge in [0, 0.05) is 17.6 Å². The quantitative estimate of drug-likeness (QED) is 0.169. The number of carbonyl (C=O) groups is 3. The van der Waals surface area contributed by atoms with Gasteiger partial charge in [-0.3, -0.25) is 14.4 Å². The molecule has 43 heavy (non-hydrogen) atoms. The summed E-state index contributed by atoms with van der Waals surface area (Å²) in [5.74, 6) is -0.935. The molecule has 1 aromatic carbocycles. The second kappa shape index (κ2) is 11.8. The second-order valence-electron chi connectivity index (χ2n) is 14.6. The van der Waals surface area contributed by atoms with Crippen molar-refractivity contribution < 1.29 is 24.2 Å². The minimum atomic E-state index is -1.91. The summed E-state index contributed by atoms with van der Waals surface area (Å²) in [5, 5.41) is 11.1. The number of allylic oxidation sites excluding steroid dienone is 8. The van der Waals surface area contributed by atoms with E-state index in [1.54, 1.807) is 38.1 Å². The summed E-state index contributed by atoms with van der Waals surface area (Å²) in [6, 6.07) is 8.86. The predicted octanol–water partition coefficient (Wildman–Crippen LogP) is 8.29. The van der Waals surface area contributed by atoms with Gasteiger partial charge in [0.2, 0.25) is 0 Å². The smallest absolute Gasteiger partial charge is 0.184 e. The summed E-state index contributed by atoms with van der Waals surface area (Å²) in [5.41, 5.74) is -1.14. The Hall–Kier alpha value is -3.05. The maximum Gasteiger partial charge on any atom is 0.184 e. The van der Waals surface area contributed by atoms with Crippen molar-refractivity contribution in [2.45, 2.75) is 113 Å². The Morgan fingerprint density at radius 2 is 1.56 bits per heavy atom. The monoisotopic (exact) mass is 586 g/mol. The third kappa shape index (κ3) is 5.43. The zero-order valence-corrected chi connectivity index (χ0v) is 27.6. The summed E-state index contributed by atoms with van der Waals surface area (Å²) >= 11 is 0. The molecule has 0 unspecified atom stereocenters. The van der Waals surface area contributed by atoms with Gasteiger partial charge in [-0.15, -0.1) is 0 Å². The van der Waals surface area contributed by atoms with Crippen molar-refractivity contribution in [3.8, 4) is 0 Å². The number of Topliss-reactive ketones (excluding diaryl/α,β-unsaturated/α-hetero) is 3. The van der Waals surface area contributed by atoms with E-state index in [0.717, 1.165) is 16.7 Å². The molecule has 1 saturated carbocycles. The van der Waals surface area contributed by atoms with Crippen molar-refractivity contribution in [3.05, 3.63) is 82.2 Å². The zero-order valence-electron chi connectivity index (χ0n) is 27.6. The lowest BCUT2D eigenvalue weighted by Gasteiger charge is -2.60. The number of benzene rings is 1. The van der Waals surface area contributed by atoms with Gasteiger partial charge in [0.25, 0.3) is 0 Å². The van der Waals surface area contributed by atoms with E-state index < -0.39 is 39.5 Å². The van der Waals surface area contributed by atoms with Crippen LogP contribution in [0.15, 0.2) is 76.6 Å². The predicted molar refractivity (Wildman–Crippen MR) is 171 cm³/mol. The molecular formula is C38H50O5. The standard InChI is InChI=1S/C38H50O5/c1-24(2)14-13-21-36(9)28(19-17-25(3)4)22-37-23-30(35(7,8)42)43-33(37)29(20-18-26(5)6)32(40)38(36,34(37)41)31(39)27-15-11-10-12-16-27/h10-12,14-18,28,30,42H,13,19-23H2,1-9H3/t28-,30-,36+,37-,38-/m0/s1. The van der Waals surface area contributed by atoms with E-state index in [-0.39, 0.29) is 24.5 Å². The van der Waals surface area contributed by atoms with Crippen LogP contribution in [0.1, 0.15) is 111 Å². The number of ether oxygens (including phenoxy) is 1. The highest BCUT2D eigenvalue weighted by Crippen LogP contribution is 2.70. The van der Waals surface area contributed by atoms with Gasteiger partial charge in [-0.1, -0.05) is 72.2 Å². The first-order valence-electron chi connectivity index (χ1n) is 15.7. The fourth-order valence-electron chi connectivity index (χ4n) is 7.72. The molecular weight excluding hydrogens is 536 g/mol. The largest absolute Gasteiger partial charge is 0.490 e. The third-order valence-electron chi connectivity index (χ3n) is 10.2. The van der Waals surface area contributed by atoms with Crippen molar-refractivity contribution in [2.24, 2.45) is 22.2 Å². The number of ketones is 3. The van der Waals surface area contributed by atoms with Crippen LogP contribution in [0.2, 0.25) is 0 Å². The number of aliphatic hydroxyl groups is 1. The van der Waals surface area contributed by atoms with Crippen LogP contribution in [0.25, 0.3) is 0 Å². The first kappa shape index (κ1) is 32.9. The summed E-state index contributed by atoms with van der Waals surface area (Å²) in [6.45, 7) is 17.5. The van der Waals surface area contributed by atoms with Crippen molar-refractivity contribution >= 4 is 17.3 Å². The number of rotatable bonds is 10. The van der Waals surface area contributed by atoms with Crippen LogP contribution in [0.5, 0.6) is 0 Å². The highest BCUT2D eigenvalue weighted by molar-refractivity contribution is 6.36. The Morgan fingerprint density at radius 1 is 0.953 bits per heavy atom. The molecule has 2 bridgehead atoms. The molecule has 4 rings (SSSR count). The summed E-state index contributed by atoms with van der Waals surface area (Å²) in [6.07, 6.45) is 8.42. The minimum absolute atomic E-state index is 0.147. The van der Waals surface area contributed by atoms with E-state index >= 15 is 14.4 Å². The number of hydrogen-bond acceptors (Lipinski definition) is 5. The van der Waals surface area contributed by atoms with Crippen molar-refractivity contribution in [1.82, 2.24) is 0 Å². The SMILES string of the molecule is CC(C)=CCC[C@]1(C)[C@@H](CC=C(C)C)C[C@]23C[C@@H](C(C)(C)O)OC2=C(CC=C(C)C)C(=O)[C@@]1(C(=O)c1ccccc1)C3=O. The van der Waals surface area contributed by atoms with E-state index in [1.807, 2.05) is 46.8 Å². The van der Waals surface area contributed by atoms with E-state index in [4.69, 9.17) is 4.74 Å². The molecule has 0 aromatic heterocycles. The topological polar surface area (TPSA) is 80.7 Å². The molecule has 5 atom stereocenters. The van der Waals surface area contributed by atoms with Crippen LogP contribution in [-0.4, -0.2) is 34.2 Å². The molecule has 2 fully saturated rings. The van der Waals surface area contributed by atoms with Gasteiger partial charge in [0.1, 0.15) is 11.9 Å². The number of hydrogen-bond donors (Lipinski definition) is 1. The fraction of sp³-hybridized carbons (Fsp3) is 0.553. The molecule has 3 aliphatic rings. The molecule has 1 saturated heterocycles. The average Bonchev–Trinajstić information content (AvgIpc) is 3.31. The molecule has 1 heterocycles. The van der Waals surface area contributed by atoms with Crippen LogP contribution in [0.3, 0.4) is 0 Å². The Morgan fingerprint density at radius 3 is 2.12 bits per heavy atom. The average molecular weight is 587 g/mol. The molecule has 1 spiro atoms. The maximum absolute atomic E-state index is 15.4. The summed E-state index contributed by atoms with van der Waals surface area (Å²) in [7, 11) is 0. The molecule has 0 radical (unpaired) electrons. The van der Waals surface area contributed by atoms with Crippen molar-refractivity contribution in [2.75, 3.05) is 0 Å². The van der Waals surface area contributed by atoms with Crippen LogP contribution >= 0.6 is 0 Å². The fourth-order valence-corrected chi connectivity index (χ4v) is 7.72. The van der Waals surface area contributed by atoms with Gasteiger partial charge in [-0.2, -0.15) is 0 Å². The summed E-state index contributed by atoms with van der Waals surface area (Å²) in [4.78, 5) is 45.8. The first-order valence-corrected chi connectivity index (χ1v) is 15.7. The minimum Gasteiger partial charge on any atom is -0.490 e. The highest BCUT2D eigenvalue weighted by Gasteiger charge is 2.78. The van der Waals surface area contributed by atoms with E-state index in [9.17, 15) is 5.11 Å². The molecule has 1 aromatic rings. The van der Waals surface area contributed by atoms with Crippen LogP contribution in [0, 0.1) is 22.2 Å². The molecule has 5 nitrogen and oxygen atoms in total. The Balaban J connectivity index is 2.11. The van der Waals surface area contributed by atoms with Crippen molar-refractivity contribution in [3.63, 3.8) is 0 Å². The second-order valence-corrected chi connectivity index (χ2v) is 14.6. The third-order valence-corrected chi connectivity index (χ3v) is 10.2. The van der Waals surface area contributed by atoms with E-state index in [0.29, 0.717) is 42.6 Å². The van der Waals surface area contributed by atoms with E-state index in [2.05, 4.69) is 26.0 Å². The Bertz CT molecular complexity index is 1410. The van der Waals surface area contributed by atoms with Crippen LogP contribution in [-0.2, 0) is 14.3 Å². The highest BCUT2D eigenvalue weighted by atomic mass is 16.5. The van der Waals surface area contributed by atoms with Crippen LogP contribution < -0.4 is 0 Å². The van der Waals surface area contributed by atoms with Gasteiger partial charge in [0.15, 0.2) is 22.8 Å². The first-order chi connectivity index (χ1) is 20.0. The van der Waals surface area contributed by atoms with E-state index in [1.165, 1.54) is 0 Å². The number of fused-ring (bicyclic) bond motifs is 1. The maximum atomic E-state index is 15.4. The molecule has 1 aliphatic heterocycles. The molecule has 5 heteroatoms. The van der Waals surface area contributed by atoms with Gasteiger partial charge < -0.3 is 9.84 Å².